The minimum Gasteiger partial charge on any atom is -0.312 e. The highest BCUT2D eigenvalue weighted by Crippen LogP contribution is 2.29. The molecule has 0 radical (unpaired) electrons. The maximum Gasteiger partial charge on any atom is 0.00965 e. The standard InChI is InChI=1S/C14H30N2/c1-5-16(12-13-8-9-13)11-7-6-10-15-14(2,3)4/h13,15H,5-12H2,1-4H3. The maximum absolute atomic E-state index is 3.55. The van der Waals surface area contributed by atoms with Gasteiger partial charge in [-0.15, -0.1) is 0 Å². The molecule has 0 aromatic heterocycles. The molecule has 16 heavy (non-hydrogen) atoms. The number of nitrogens with one attached hydrogen (secondary N) is 1. The van der Waals surface area contributed by atoms with Crippen LogP contribution in [-0.2, 0) is 0 Å². The van der Waals surface area contributed by atoms with Crippen LogP contribution in [0.1, 0.15) is 53.4 Å². The molecule has 2 heteroatoms. The quantitative estimate of drug-likeness (QED) is 0.640. The second-order valence-electron chi connectivity index (χ2n) is 6.22. The topological polar surface area (TPSA) is 15.3 Å². The van der Waals surface area contributed by atoms with Crippen molar-refractivity contribution in [3.05, 3.63) is 0 Å². The van der Waals surface area contributed by atoms with Gasteiger partial charge in [0.15, 0.2) is 0 Å². The lowest BCUT2D eigenvalue weighted by Crippen LogP contribution is -2.36. The first-order chi connectivity index (χ1) is 7.51. The Morgan fingerprint density at radius 2 is 1.88 bits per heavy atom. The van der Waals surface area contributed by atoms with Gasteiger partial charge in [-0.05, 0) is 72.0 Å². The zero-order valence-corrected chi connectivity index (χ0v) is 11.7. The van der Waals surface area contributed by atoms with Crippen LogP contribution in [0.3, 0.4) is 0 Å². The van der Waals surface area contributed by atoms with Crippen molar-refractivity contribution < 1.29 is 0 Å². The number of unbranched alkanes of at least 4 members (excludes halogenated alkanes) is 1. The van der Waals surface area contributed by atoms with Gasteiger partial charge in [0.05, 0.1) is 0 Å². The second kappa shape index (κ2) is 6.61. The van der Waals surface area contributed by atoms with Crippen molar-refractivity contribution in [1.29, 1.82) is 0 Å². The van der Waals surface area contributed by atoms with E-state index in [4.69, 9.17) is 0 Å². The van der Waals surface area contributed by atoms with Crippen LogP contribution in [0.4, 0.5) is 0 Å². The third kappa shape index (κ3) is 7.24. The third-order valence-corrected chi connectivity index (χ3v) is 3.22. The molecule has 96 valence electrons. The first-order valence-corrected chi connectivity index (χ1v) is 6.98. The average molecular weight is 226 g/mol. The summed E-state index contributed by atoms with van der Waals surface area (Å²) in [7, 11) is 0. The molecule has 0 unspecified atom stereocenters. The lowest BCUT2D eigenvalue weighted by Gasteiger charge is -2.22. The fourth-order valence-electron chi connectivity index (χ4n) is 1.97. The SMILES string of the molecule is CCN(CCCCNC(C)(C)C)CC1CC1. The van der Waals surface area contributed by atoms with Gasteiger partial charge in [-0.1, -0.05) is 6.92 Å². The van der Waals surface area contributed by atoms with Crippen LogP contribution in [-0.4, -0.2) is 36.6 Å². The molecule has 1 aliphatic carbocycles. The lowest BCUT2D eigenvalue weighted by molar-refractivity contribution is 0.268. The van der Waals surface area contributed by atoms with Crippen molar-refractivity contribution in [3.63, 3.8) is 0 Å². The minimum atomic E-state index is 0.276. The number of rotatable bonds is 8. The van der Waals surface area contributed by atoms with Crippen molar-refractivity contribution in [1.82, 2.24) is 10.2 Å². The Kier molecular flexibility index (Phi) is 5.77. The number of nitrogens with zero attached hydrogens (tertiary/aromatic N) is 1. The van der Waals surface area contributed by atoms with Gasteiger partial charge in [0, 0.05) is 12.1 Å². The van der Waals surface area contributed by atoms with Crippen LogP contribution < -0.4 is 5.32 Å². The van der Waals surface area contributed by atoms with Crippen LogP contribution in [0.25, 0.3) is 0 Å². The van der Waals surface area contributed by atoms with Gasteiger partial charge in [0.1, 0.15) is 0 Å². The molecule has 0 aromatic carbocycles. The molecular formula is C14H30N2. The van der Waals surface area contributed by atoms with E-state index in [9.17, 15) is 0 Å². The Balaban J connectivity index is 1.95. The zero-order valence-electron chi connectivity index (χ0n) is 11.7. The molecule has 1 aliphatic rings. The molecule has 1 rings (SSSR count). The first-order valence-electron chi connectivity index (χ1n) is 6.98. The van der Waals surface area contributed by atoms with Gasteiger partial charge in [0.25, 0.3) is 0 Å². The Morgan fingerprint density at radius 1 is 1.19 bits per heavy atom. The Labute approximate surface area is 102 Å². The first kappa shape index (κ1) is 14.0. The van der Waals surface area contributed by atoms with Crippen molar-refractivity contribution in [3.8, 4) is 0 Å². The van der Waals surface area contributed by atoms with Gasteiger partial charge in [0.2, 0.25) is 0 Å². The molecule has 2 nitrogen and oxygen atoms in total. The number of hydrogen-bond acceptors (Lipinski definition) is 2. The third-order valence-electron chi connectivity index (χ3n) is 3.22. The Hall–Kier alpha value is -0.0800. The minimum absolute atomic E-state index is 0.276. The van der Waals surface area contributed by atoms with E-state index in [1.54, 1.807) is 0 Å². The van der Waals surface area contributed by atoms with Gasteiger partial charge >= 0.3 is 0 Å². The molecule has 0 saturated heterocycles. The van der Waals surface area contributed by atoms with Gasteiger partial charge in [-0.25, -0.2) is 0 Å². The van der Waals surface area contributed by atoms with E-state index in [1.165, 1.54) is 45.3 Å². The summed E-state index contributed by atoms with van der Waals surface area (Å²) in [5.74, 6) is 1.03. The van der Waals surface area contributed by atoms with Gasteiger partial charge < -0.3 is 10.2 Å². The summed E-state index contributed by atoms with van der Waals surface area (Å²) < 4.78 is 0. The van der Waals surface area contributed by atoms with Gasteiger partial charge in [-0.3, -0.25) is 0 Å². The van der Waals surface area contributed by atoms with Gasteiger partial charge in [-0.2, -0.15) is 0 Å². The monoisotopic (exact) mass is 226 g/mol. The fourth-order valence-corrected chi connectivity index (χ4v) is 1.97. The molecule has 0 atom stereocenters. The molecule has 0 heterocycles. The van der Waals surface area contributed by atoms with Crippen molar-refractivity contribution in [2.45, 2.75) is 58.9 Å². The summed E-state index contributed by atoms with van der Waals surface area (Å²) in [6.07, 6.45) is 5.59. The highest BCUT2D eigenvalue weighted by molar-refractivity contribution is 4.77. The van der Waals surface area contributed by atoms with Crippen molar-refractivity contribution in [2.75, 3.05) is 26.2 Å². The predicted octanol–water partition coefficient (Wildman–Crippen LogP) is 2.89. The smallest absolute Gasteiger partial charge is 0.00965 e. The van der Waals surface area contributed by atoms with Crippen molar-refractivity contribution in [2.24, 2.45) is 5.92 Å². The van der Waals surface area contributed by atoms with Crippen LogP contribution in [0.15, 0.2) is 0 Å². The molecule has 0 bridgehead atoms. The van der Waals surface area contributed by atoms with E-state index >= 15 is 0 Å². The molecule has 0 aromatic rings. The van der Waals surface area contributed by atoms with E-state index in [0.717, 1.165) is 12.5 Å². The molecular weight excluding hydrogens is 196 g/mol. The van der Waals surface area contributed by atoms with Crippen LogP contribution in [0, 0.1) is 5.92 Å². The van der Waals surface area contributed by atoms with E-state index in [0.29, 0.717) is 0 Å². The summed E-state index contributed by atoms with van der Waals surface area (Å²) in [6, 6.07) is 0. The van der Waals surface area contributed by atoms with E-state index in [2.05, 4.69) is 37.9 Å². The Morgan fingerprint density at radius 3 is 2.38 bits per heavy atom. The van der Waals surface area contributed by atoms with Crippen molar-refractivity contribution >= 4 is 0 Å². The highest BCUT2D eigenvalue weighted by atomic mass is 15.1. The summed E-state index contributed by atoms with van der Waals surface area (Å²) in [4.78, 5) is 2.62. The van der Waals surface area contributed by atoms with E-state index in [-0.39, 0.29) is 5.54 Å². The molecule has 0 spiro atoms. The Bertz CT molecular complexity index is 180. The molecule has 0 amide bonds. The largest absolute Gasteiger partial charge is 0.312 e. The molecule has 0 aliphatic heterocycles. The summed E-state index contributed by atoms with van der Waals surface area (Å²) in [5.41, 5.74) is 0.276. The fraction of sp³-hybridized carbons (Fsp3) is 1.00. The van der Waals surface area contributed by atoms with E-state index in [1.807, 2.05) is 0 Å². The predicted molar refractivity (Wildman–Crippen MR) is 71.8 cm³/mol. The second-order valence-corrected chi connectivity index (χ2v) is 6.22. The van der Waals surface area contributed by atoms with Crippen LogP contribution in [0.5, 0.6) is 0 Å². The maximum atomic E-state index is 3.55. The normalized spacial score (nSPS) is 17.1. The summed E-state index contributed by atoms with van der Waals surface area (Å²) in [6.45, 7) is 14.0. The van der Waals surface area contributed by atoms with Crippen LogP contribution in [0.2, 0.25) is 0 Å². The summed E-state index contributed by atoms with van der Waals surface area (Å²) in [5, 5.41) is 3.55. The molecule has 1 saturated carbocycles. The average Bonchev–Trinajstić information content (AvgIpc) is 2.97. The highest BCUT2D eigenvalue weighted by Gasteiger charge is 2.23. The number of hydrogen-bond donors (Lipinski definition) is 1. The van der Waals surface area contributed by atoms with E-state index < -0.39 is 0 Å². The molecule has 1 N–H and O–H groups in total. The lowest BCUT2D eigenvalue weighted by atomic mass is 10.1. The summed E-state index contributed by atoms with van der Waals surface area (Å²) >= 11 is 0. The molecule has 1 fully saturated rings. The van der Waals surface area contributed by atoms with Crippen LogP contribution >= 0.6 is 0 Å². The zero-order chi connectivity index (χ0) is 12.0.